The fourth-order valence-electron chi connectivity index (χ4n) is 1.07. The lowest BCUT2D eigenvalue weighted by Gasteiger charge is -2.13. The molecular weight excluding hydrogens is 201 g/mol. The first-order valence-corrected chi connectivity index (χ1v) is 4.73. The smallest absolute Gasteiger partial charge is 0.147 e. The van der Waals surface area contributed by atoms with Crippen LogP contribution in [-0.4, -0.2) is 6.04 Å². The largest absolute Gasteiger partial charge is 0.368 e. The minimum absolute atomic E-state index is 0.190. The van der Waals surface area contributed by atoms with Crippen molar-refractivity contribution in [3.63, 3.8) is 0 Å². The fourth-order valence-corrected chi connectivity index (χ4v) is 1.29. The summed E-state index contributed by atoms with van der Waals surface area (Å²) in [6.07, 6.45) is 5.98. The summed E-state index contributed by atoms with van der Waals surface area (Å²) in [6, 6.07) is 4.33. The Hall–Kier alpha value is -1.20. The molecule has 0 heterocycles. The Balaban J connectivity index is 2.91. The second-order valence-corrected chi connectivity index (χ2v) is 3.28. The Kier molecular flexibility index (Phi) is 3.79. The maximum absolute atomic E-state index is 13.3. The molecule has 3 heteroatoms. The highest BCUT2D eigenvalue weighted by Gasteiger charge is 2.09. The average molecular weight is 212 g/mol. The maximum Gasteiger partial charge on any atom is 0.147 e. The van der Waals surface area contributed by atoms with Crippen LogP contribution in [0.25, 0.3) is 0 Å². The number of hydrogen-bond donors (Lipinski definition) is 1. The Bertz CT molecular complexity index is 337. The molecule has 0 aliphatic rings. The molecule has 1 atom stereocenters. The molecule has 0 aliphatic heterocycles. The van der Waals surface area contributed by atoms with Crippen LogP contribution in [0.3, 0.4) is 0 Å². The van der Waals surface area contributed by atoms with Crippen molar-refractivity contribution < 1.29 is 4.39 Å². The molecule has 0 radical (unpaired) electrons. The molecule has 1 unspecified atom stereocenters. The number of hydrogen-bond acceptors (Lipinski definition) is 1. The molecule has 74 valence electrons. The Morgan fingerprint density at radius 3 is 2.86 bits per heavy atom. The van der Waals surface area contributed by atoms with Crippen molar-refractivity contribution in [1.29, 1.82) is 0 Å². The summed E-state index contributed by atoms with van der Waals surface area (Å²) < 4.78 is 13.3. The molecule has 0 fully saturated rings. The van der Waals surface area contributed by atoms with Crippen LogP contribution in [0.2, 0.25) is 5.02 Å². The number of nitrogens with one attached hydrogen (secondary N) is 1. The number of terminal acetylenes is 1. The number of benzene rings is 1. The number of para-hydroxylation sites is 1. The van der Waals surface area contributed by atoms with Crippen LogP contribution >= 0.6 is 11.6 Å². The van der Waals surface area contributed by atoms with Gasteiger partial charge in [0.2, 0.25) is 0 Å². The van der Waals surface area contributed by atoms with Gasteiger partial charge in [-0.05, 0) is 18.6 Å². The van der Waals surface area contributed by atoms with Crippen LogP contribution in [0.5, 0.6) is 0 Å². The quantitative estimate of drug-likeness (QED) is 0.757. The van der Waals surface area contributed by atoms with Gasteiger partial charge in [-0.3, -0.25) is 0 Å². The van der Waals surface area contributed by atoms with Crippen LogP contribution in [0, 0.1) is 18.2 Å². The maximum atomic E-state index is 13.3. The SMILES string of the molecule is C#CC(CC)Nc1c(F)cccc1Cl. The standard InChI is InChI=1S/C11H11ClFN/c1-3-8(4-2)14-11-9(12)6-5-7-10(11)13/h1,5-8,14H,4H2,2H3. The van der Waals surface area contributed by atoms with E-state index in [0.29, 0.717) is 5.02 Å². The van der Waals surface area contributed by atoms with E-state index in [-0.39, 0.29) is 17.5 Å². The van der Waals surface area contributed by atoms with Crippen molar-refractivity contribution in [3.05, 3.63) is 29.0 Å². The van der Waals surface area contributed by atoms with Crippen LogP contribution < -0.4 is 5.32 Å². The Morgan fingerprint density at radius 2 is 2.36 bits per heavy atom. The van der Waals surface area contributed by atoms with Gasteiger partial charge in [-0.2, -0.15) is 0 Å². The lowest BCUT2D eigenvalue weighted by atomic mass is 10.2. The van der Waals surface area contributed by atoms with Crippen molar-refractivity contribution in [3.8, 4) is 12.3 Å². The molecule has 1 aromatic carbocycles. The lowest BCUT2D eigenvalue weighted by Crippen LogP contribution is -2.16. The summed E-state index contributed by atoms with van der Waals surface area (Å²) in [6.45, 7) is 1.92. The first-order chi connectivity index (χ1) is 6.69. The second kappa shape index (κ2) is 4.88. The molecular formula is C11H11ClFN. The summed E-state index contributed by atoms with van der Waals surface area (Å²) in [7, 11) is 0. The van der Waals surface area contributed by atoms with Crippen molar-refractivity contribution in [2.45, 2.75) is 19.4 Å². The second-order valence-electron chi connectivity index (χ2n) is 2.87. The fraction of sp³-hybridized carbons (Fsp3) is 0.273. The van der Waals surface area contributed by atoms with Gasteiger partial charge in [0, 0.05) is 0 Å². The van der Waals surface area contributed by atoms with Gasteiger partial charge in [-0.1, -0.05) is 30.5 Å². The van der Waals surface area contributed by atoms with E-state index in [4.69, 9.17) is 18.0 Å². The highest BCUT2D eigenvalue weighted by molar-refractivity contribution is 6.33. The minimum Gasteiger partial charge on any atom is -0.368 e. The minimum atomic E-state index is -0.383. The molecule has 0 aliphatic carbocycles. The summed E-state index contributed by atoms with van der Waals surface area (Å²) in [5.74, 6) is 2.14. The topological polar surface area (TPSA) is 12.0 Å². The monoisotopic (exact) mass is 211 g/mol. The Labute approximate surface area is 88.3 Å². The number of halogens is 2. The summed E-state index contributed by atoms with van der Waals surface area (Å²) in [4.78, 5) is 0. The highest BCUT2D eigenvalue weighted by Crippen LogP contribution is 2.25. The molecule has 0 aromatic heterocycles. The van der Waals surface area contributed by atoms with Crippen molar-refractivity contribution in [2.75, 3.05) is 5.32 Å². The van der Waals surface area contributed by atoms with Crippen LogP contribution in [-0.2, 0) is 0 Å². The van der Waals surface area contributed by atoms with Crippen LogP contribution in [0.15, 0.2) is 18.2 Å². The van der Waals surface area contributed by atoms with Crippen LogP contribution in [0.4, 0.5) is 10.1 Å². The van der Waals surface area contributed by atoms with Gasteiger partial charge < -0.3 is 5.32 Å². The number of anilines is 1. The Morgan fingerprint density at radius 1 is 1.64 bits per heavy atom. The summed E-state index contributed by atoms with van der Waals surface area (Å²) in [5, 5.41) is 3.22. The molecule has 0 saturated carbocycles. The van der Waals surface area contributed by atoms with E-state index < -0.39 is 0 Å². The molecule has 14 heavy (non-hydrogen) atoms. The van der Waals surface area contributed by atoms with Gasteiger partial charge in [-0.25, -0.2) is 4.39 Å². The zero-order valence-corrected chi connectivity index (χ0v) is 8.61. The van der Waals surface area contributed by atoms with E-state index in [0.717, 1.165) is 6.42 Å². The molecule has 0 bridgehead atoms. The predicted molar refractivity (Wildman–Crippen MR) is 57.9 cm³/mol. The van der Waals surface area contributed by atoms with E-state index in [1.165, 1.54) is 6.07 Å². The van der Waals surface area contributed by atoms with E-state index >= 15 is 0 Å². The van der Waals surface area contributed by atoms with Gasteiger partial charge in [0.05, 0.1) is 16.8 Å². The normalized spacial score (nSPS) is 11.9. The summed E-state index contributed by atoms with van der Waals surface area (Å²) in [5.41, 5.74) is 0.277. The average Bonchev–Trinajstić information content (AvgIpc) is 2.18. The van der Waals surface area contributed by atoms with Crippen molar-refractivity contribution in [2.24, 2.45) is 0 Å². The van der Waals surface area contributed by atoms with Gasteiger partial charge >= 0.3 is 0 Å². The van der Waals surface area contributed by atoms with Gasteiger partial charge in [0.25, 0.3) is 0 Å². The third-order valence-corrected chi connectivity index (χ3v) is 2.21. The van der Waals surface area contributed by atoms with E-state index in [1.54, 1.807) is 12.1 Å². The third-order valence-electron chi connectivity index (χ3n) is 1.89. The number of rotatable bonds is 3. The first kappa shape index (κ1) is 10.9. The molecule has 1 N–H and O–H groups in total. The molecule has 1 aromatic rings. The molecule has 0 spiro atoms. The highest BCUT2D eigenvalue weighted by atomic mass is 35.5. The van der Waals surface area contributed by atoms with E-state index in [1.807, 2.05) is 6.92 Å². The third kappa shape index (κ3) is 2.40. The molecule has 1 nitrogen and oxygen atoms in total. The van der Waals surface area contributed by atoms with E-state index in [2.05, 4.69) is 11.2 Å². The van der Waals surface area contributed by atoms with Gasteiger partial charge in [-0.15, -0.1) is 6.42 Å². The summed E-state index contributed by atoms with van der Waals surface area (Å²) >= 11 is 5.82. The molecule has 0 saturated heterocycles. The zero-order valence-electron chi connectivity index (χ0n) is 7.85. The first-order valence-electron chi connectivity index (χ1n) is 4.35. The lowest BCUT2D eigenvalue weighted by molar-refractivity contribution is 0.628. The molecule has 0 amide bonds. The van der Waals surface area contributed by atoms with Gasteiger partial charge in [0.15, 0.2) is 0 Å². The molecule has 1 rings (SSSR count). The van der Waals surface area contributed by atoms with Crippen molar-refractivity contribution in [1.82, 2.24) is 0 Å². The van der Waals surface area contributed by atoms with Crippen molar-refractivity contribution >= 4 is 17.3 Å². The zero-order chi connectivity index (χ0) is 10.6. The van der Waals surface area contributed by atoms with Gasteiger partial charge in [0.1, 0.15) is 5.82 Å². The van der Waals surface area contributed by atoms with E-state index in [9.17, 15) is 4.39 Å². The predicted octanol–water partition coefficient (Wildman–Crippen LogP) is 3.30. The van der Waals surface area contributed by atoms with Crippen LogP contribution in [0.1, 0.15) is 13.3 Å².